The lowest BCUT2D eigenvalue weighted by atomic mass is 10.2. The molecule has 1 amide bonds. The Kier molecular flexibility index (Phi) is 6.45. The zero-order valence-corrected chi connectivity index (χ0v) is 14.6. The van der Waals surface area contributed by atoms with E-state index in [1.54, 1.807) is 18.2 Å². The van der Waals surface area contributed by atoms with Gasteiger partial charge < -0.3 is 15.5 Å². The van der Waals surface area contributed by atoms with Crippen LogP contribution < -0.4 is 15.5 Å². The molecule has 0 bridgehead atoms. The van der Waals surface area contributed by atoms with Crippen molar-refractivity contribution in [1.82, 2.24) is 15.3 Å². The summed E-state index contributed by atoms with van der Waals surface area (Å²) in [5.41, 5.74) is 0.378. The molecule has 1 heterocycles. The number of rotatable bonds is 7. The van der Waals surface area contributed by atoms with Crippen LogP contribution in [0.25, 0.3) is 6.08 Å². The Morgan fingerprint density at radius 2 is 2.00 bits per heavy atom. The molecule has 0 radical (unpaired) electrons. The van der Waals surface area contributed by atoms with Gasteiger partial charge in [-0.2, -0.15) is 0 Å². The molecule has 2 aromatic rings. The van der Waals surface area contributed by atoms with Crippen LogP contribution >= 0.6 is 0 Å². The zero-order valence-electron chi connectivity index (χ0n) is 14.6. The summed E-state index contributed by atoms with van der Waals surface area (Å²) in [6, 6.07) is 8.13. The predicted octanol–water partition coefficient (Wildman–Crippen LogP) is 2.23. The number of nitrogens with zero attached hydrogens (tertiary/aromatic N) is 3. The van der Waals surface area contributed by atoms with Crippen LogP contribution in [0, 0.1) is 12.7 Å². The van der Waals surface area contributed by atoms with Crippen molar-refractivity contribution >= 4 is 23.6 Å². The number of anilines is 2. The number of amides is 1. The van der Waals surface area contributed by atoms with Crippen molar-refractivity contribution in [3.63, 3.8) is 0 Å². The van der Waals surface area contributed by atoms with Crippen LogP contribution in [0.4, 0.5) is 16.0 Å². The molecular weight excluding hydrogens is 321 g/mol. The van der Waals surface area contributed by atoms with E-state index in [1.807, 2.05) is 32.0 Å². The molecule has 0 aliphatic rings. The van der Waals surface area contributed by atoms with Gasteiger partial charge in [-0.25, -0.2) is 14.4 Å². The van der Waals surface area contributed by atoms with Crippen molar-refractivity contribution in [1.29, 1.82) is 0 Å². The van der Waals surface area contributed by atoms with Gasteiger partial charge in [-0.3, -0.25) is 4.79 Å². The van der Waals surface area contributed by atoms with Crippen molar-refractivity contribution in [2.24, 2.45) is 0 Å². The molecule has 0 spiro atoms. The van der Waals surface area contributed by atoms with Gasteiger partial charge in [-0.15, -0.1) is 0 Å². The molecule has 0 saturated heterocycles. The third kappa shape index (κ3) is 5.87. The second kappa shape index (κ2) is 8.77. The van der Waals surface area contributed by atoms with Crippen LogP contribution in [0.2, 0.25) is 0 Å². The Morgan fingerprint density at radius 1 is 1.24 bits per heavy atom. The first-order valence-corrected chi connectivity index (χ1v) is 7.93. The summed E-state index contributed by atoms with van der Waals surface area (Å²) in [5, 5.41) is 5.87. The number of hydrogen-bond donors (Lipinski definition) is 2. The predicted molar refractivity (Wildman–Crippen MR) is 98.0 cm³/mol. The van der Waals surface area contributed by atoms with Gasteiger partial charge in [0.25, 0.3) is 0 Å². The first-order valence-electron chi connectivity index (χ1n) is 7.93. The van der Waals surface area contributed by atoms with Crippen LogP contribution in [-0.4, -0.2) is 43.1 Å². The number of aromatic nitrogens is 2. The Labute approximate surface area is 146 Å². The molecule has 0 fully saturated rings. The van der Waals surface area contributed by atoms with E-state index in [0.717, 1.165) is 5.82 Å². The normalized spacial score (nSPS) is 10.7. The number of halogens is 1. The minimum Gasteiger partial charge on any atom is -0.368 e. The highest BCUT2D eigenvalue weighted by molar-refractivity contribution is 5.91. The molecular formula is C18H22FN5O. The molecule has 6 nitrogen and oxygen atoms in total. The van der Waals surface area contributed by atoms with Crippen LogP contribution in [0.1, 0.15) is 11.4 Å². The Morgan fingerprint density at radius 3 is 2.72 bits per heavy atom. The standard InChI is InChI=1S/C18H22FN5O/c1-13-22-16(12-17(23-13)24(2)3)20-10-11-21-18(25)9-8-14-6-4-5-7-15(14)19/h4-9,12H,10-11H2,1-3H3,(H,21,25)(H,20,22,23)/b9-8+. The SMILES string of the molecule is Cc1nc(NCCNC(=O)/C=C/c2ccccc2F)cc(N(C)C)n1. The van der Waals surface area contributed by atoms with E-state index in [9.17, 15) is 9.18 Å². The monoisotopic (exact) mass is 343 g/mol. The molecule has 2 rings (SSSR count). The third-order valence-electron chi connectivity index (χ3n) is 3.33. The van der Waals surface area contributed by atoms with E-state index < -0.39 is 0 Å². The Bertz CT molecular complexity index is 761. The van der Waals surface area contributed by atoms with Crippen LogP contribution in [0.5, 0.6) is 0 Å². The highest BCUT2D eigenvalue weighted by atomic mass is 19.1. The number of hydrogen-bond acceptors (Lipinski definition) is 5. The lowest BCUT2D eigenvalue weighted by Crippen LogP contribution is -2.27. The molecule has 7 heteroatoms. The van der Waals surface area contributed by atoms with Gasteiger partial charge in [0.05, 0.1) is 0 Å². The van der Waals surface area contributed by atoms with Crippen LogP contribution in [0.15, 0.2) is 36.4 Å². The van der Waals surface area contributed by atoms with Gasteiger partial charge in [0.15, 0.2) is 0 Å². The molecule has 0 unspecified atom stereocenters. The summed E-state index contributed by atoms with van der Waals surface area (Å²) in [5.74, 6) is 1.55. The third-order valence-corrected chi connectivity index (χ3v) is 3.33. The zero-order chi connectivity index (χ0) is 18.2. The van der Waals surface area contributed by atoms with Gasteiger partial charge in [-0.05, 0) is 19.1 Å². The molecule has 0 saturated carbocycles. The van der Waals surface area contributed by atoms with Crippen LogP contribution in [-0.2, 0) is 4.79 Å². The molecule has 0 atom stereocenters. The fraction of sp³-hybridized carbons (Fsp3) is 0.278. The summed E-state index contributed by atoms with van der Waals surface area (Å²) in [7, 11) is 3.82. The molecule has 0 aliphatic carbocycles. The average Bonchev–Trinajstić information content (AvgIpc) is 2.57. The van der Waals surface area contributed by atoms with Gasteiger partial charge in [0.2, 0.25) is 5.91 Å². The second-order valence-corrected chi connectivity index (χ2v) is 5.63. The van der Waals surface area contributed by atoms with Gasteiger partial charge in [0.1, 0.15) is 23.3 Å². The highest BCUT2D eigenvalue weighted by Gasteiger charge is 2.03. The van der Waals surface area contributed by atoms with E-state index in [4.69, 9.17) is 0 Å². The van der Waals surface area contributed by atoms with E-state index in [2.05, 4.69) is 20.6 Å². The fourth-order valence-corrected chi connectivity index (χ4v) is 2.08. The number of carbonyl (C=O) groups is 1. The maximum absolute atomic E-state index is 13.4. The minimum atomic E-state index is -0.357. The topological polar surface area (TPSA) is 70.2 Å². The van der Waals surface area contributed by atoms with Gasteiger partial charge in [-0.1, -0.05) is 18.2 Å². The van der Waals surface area contributed by atoms with Crippen molar-refractivity contribution in [2.75, 3.05) is 37.4 Å². The molecule has 25 heavy (non-hydrogen) atoms. The maximum Gasteiger partial charge on any atom is 0.244 e. The molecule has 2 N–H and O–H groups in total. The Balaban J connectivity index is 1.79. The number of aryl methyl sites for hydroxylation is 1. The van der Waals surface area contributed by atoms with Crippen molar-refractivity contribution in [3.05, 3.63) is 53.6 Å². The van der Waals surface area contributed by atoms with Crippen molar-refractivity contribution in [2.45, 2.75) is 6.92 Å². The molecule has 1 aromatic carbocycles. The maximum atomic E-state index is 13.4. The number of benzene rings is 1. The summed E-state index contributed by atoms with van der Waals surface area (Å²) < 4.78 is 13.4. The van der Waals surface area contributed by atoms with E-state index >= 15 is 0 Å². The summed E-state index contributed by atoms with van der Waals surface area (Å²) >= 11 is 0. The summed E-state index contributed by atoms with van der Waals surface area (Å²) in [6.07, 6.45) is 2.77. The van der Waals surface area contributed by atoms with E-state index in [-0.39, 0.29) is 11.7 Å². The van der Waals surface area contributed by atoms with Crippen molar-refractivity contribution in [3.8, 4) is 0 Å². The van der Waals surface area contributed by atoms with E-state index in [1.165, 1.54) is 18.2 Å². The first-order chi connectivity index (χ1) is 12.0. The lowest BCUT2D eigenvalue weighted by molar-refractivity contribution is -0.116. The smallest absolute Gasteiger partial charge is 0.244 e. The van der Waals surface area contributed by atoms with Gasteiger partial charge >= 0.3 is 0 Å². The molecule has 132 valence electrons. The molecule has 0 aliphatic heterocycles. The second-order valence-electron chi connectivity index (χ2n) is 5.63. The summed E-state index contributed by atoms with van der Waals surface area (Å²) in [4.78, 5) is 22.3. The molecule has 1 aromatic heterocycles. The lowest BCUT2D eigenvalue weighted by Gasteiger charge is -2.14. The number of carbonyl (C=O) groups excluding carboxylic acids is 1. The quantitative estimate of drug-likeness (QED) is 0.596. The Hall–Kier alpha value is -2.96. The van der Waals surface area contributed by atoms with Crippen molar-refractivity contribution < 1.29 is 9.18 Å². The van der Waals surface area contributed by atoms with E-state index in [0.29, 0.717) is 30.3 Å². The highest BCUT2D eigenvalue weighted by Crippen LogP contribution is 2.12. The van der Waals surface area contributed by atoms with Crippen LogP contribution in [0.3, 0.4) is 0 Å². The first kappa shape index (κ1) is 18.4. The fourth-order valence-electron chi connectivity index (χ4n) is 2.08. The average molecular weight is 343 g/mol. The number of nitrogens with one attached hydrogen (secondary N) is 2. The largest absolute Gasteiger partial charge is 0.368 e. The van der Waals surface area contributed by atoms with Gasteiger partial charge in [0, 0.05) is 44.9 Å². The minimum absolute atomic E-state index is 0.280. The summed E-state index contributed by atoms with van der Waals surface area (Å²) in [6.45, 7) is 2.76.